The first-order valence-corrected chi connectivity index (χ1v) is 12.5. The van der Waals surface area contributed by atoms with Gasteiger partial charge in [-0.05, 0) is 61.1 Å². The summed E-state index contributed by atoms with van der Waals surface area (Å²) in [6.45, 7) is 0. The Morgan fingerprint density at radius 2 is 0.706 bits per heavy atom. The first-order valence-electron chi connectivity index (χ1n) is 12.5. The molecular weight excluding hydrogens is 428 g/mol. The van der Waals surface area contributed by atoms with Gasteiger partial charge in [0.05, 0.1) is 35.0 Å². The molecule has 0 bridgehead atoms. The van der Waals surface area contributed by atoms with Gasteiger partial charge in [0.15, 0.2) is 0 Å². The Morgan fingerprint density at radius 3 is 0.971 bits per heavy atom. The van der Waals surface area contributed by atoms with Crippen molar-refractivity contribution in [2.24, 2.45) is 23.7 Å². The van der Waals surface area contributed by atoms with Crippen LogP contribution in [0.3, 0.4) is 0 Å². The minimum Gasteiger partial charge on any atom is -0.274 e. The Morgan fingerprint density at radius 1 is 0.441 bits per heavy atom. The summed E-state index contributed by atoms with van der Waals surface area (Å²) < 4.78 is 0. The number of nitrogens with zero attached hydrogens (tertiary/aromatic N) is 2. The highest BCUT2D eigenvalue weighted by atomic mass is 16.2. The molecule has 2 heterocycles. The fraction of sp³-hybridized carbons (Fsp3) is 0.429. The van der Waals surface area contributed by atoms with E-state index in [2.05, 4.69) is 0 Å². The third kappa shape index (κ3) is 3.23. The van der Waals surface area contributed by atoms with E-state index >= 15 is 0 Å². The Labute approximate surface area is 198 Å². The molecule has 6 rings (SSSR count). The van der Waals surface area contributed by atoms with Gasteiger partial charge in [0.1, 0.15) is 0 Å². The molecule has 6 nitrogen and oxygen atoms in total. The molecule has 0 radical (unpaired) electrons. The fourth-order valence-corrected chi connectivity index (χ4v) is 6.44. The molecule has 34 heavy (non-hydrogen) atoms. The van der Waals surface area contributed by atoms with Crippen LogP contribution < -0.4 is 9.80 Å². The molecule has 4 atom stereocenters. The molecule has 0 unspecified atom stereocenters. The van der Waals surface area contributed by atoms with E-state index < -0.39 is 0 Å². The largest absolute Gasteiger partial charge is 0.274 e. The lowest BCUT2D eigenvalue weighted by Crippen LogP contribution is -2.30. The van der Waals surface area contributed by atoms with Crippen LogP contribution in [0.25, 0.3) is 11.1 Å². The van der Waals surface area contributed by atoms with E-state index in [0.29, 0.717) is 11.4 Å². The summed E-state index contributed by atoms with van der Waals surface area (Å²) in [7, 11) is 0. The lowest BCUT2D eigenvalue weighted by Gasteiger charge is -2.19. The van der Waals surface area contributed by atoms with Gasteiger partial charge in [-0.15, -0.1) is 0 Å². The van der Waals surface area contributed by atoms with Crippen molar-refractivity contribution >= 4 is 35.0 Å². The average Bonchev–Trinajstić information content (AvgIpc) is 3.29. The van der Waals surface area contributed by atoms with Crippen LogP contribution >= 0.6 is 0 Å². The quantitative estimate of drug-likeness (QED) is 0.627. The number of amides is 4. The smallest absolute Gasteiger partial charge is 0.237 e. The maximum atomic E-state index is 12.9. The summed E-state index contributed by atoms with van der Waals surface area (Å²) in [6, 6.07) is 15.0. The van der Waals surface area contributed by atoms with Crippen LogP contribution in [0.2, 0.25) is 0 Å². The van der Waals surface area contributed by atoms with Gasteiger partial charge in [-0.25, -0.2) is 0 Å². The summed E-state index contributed by atoms with van der Waals surface area (Å²) in [5.41, 5.74) is 3.14. The van der Waals surface area contributed by atoms with Gasteiger partial charge in [-0.2, -0.15) is 0 Å². The highest BCUT2D eigenvalue weighted by molar-refractivity contribution is 6.23. The normalized spacial score (nSPS) is 28.9. The van der Waals surface area contributed by atoms with Crippen LogP contribution in [-0.4, -0.2) is 23.6 Å². The van der Waals surface area contributed by atoms with Crippen molar-refractivity contribution in [3.63, 3.8) is 0 Å². The second-order valence-electron chi connectivity index (χ2n) is 10.1. The van der Waals surface area contributed by atoms with Gasteiger partial charge >= 0.3 is 0 Å². The number of carbonyl (C=O) groups is 4. The molecule has 174 valence electrons. The van der Waals surface area contributed by atoms with Gasteiger partial charge in [-0.3, -0.25) is 29.0 Å². The number of rotatable bonds is 3. The van der Waals surface area contributed by atoms with E-state index in [4.69, 9.17) is 0 Å². The average molecular weight is 457 g/mol. The predicted molar refractivity (Wildman–Crippen MR) is 128 cm³/mol. The Kier molecular flexibility index (Phi) is 5.12. The van der Waals surface area contributed by atoms with Crippen LogP contribution in [0, 0.1) is 23.7 Å². The van der Waals surface area contributed by atoms with E-state index in [1.54, 1.807) is 0 Å². The van der Waals surface area contributed by atoms with Crippen LogP contribution in [0.5, 0.6) is 0 Å². The molecule has 0 aromatic heterocycles. The third-order valence-corrected chi connectivity index (χ3v) is 8.27. The minimum atomic E-state index is -0.159. The van der Waals surface area contributed by atoms with Crippen molar-refractivity contribution < 1.29 is 19.2 Å². The molecule has 4 fully saturated rings. The summed E-state index contributed by atoms with van der Waals surface area (Å²) >= 11 is 0. The number of hydrogen-bond acceptors (Lipinski definition) is 4. The zero-order valence-corrected chi connectivity index (χ0v) is 19.1. The molecule has 2 aromatic rings. The van der Waals surface area contributed by atoms with Crippen LogP contribution in [0.15, 0.2) is 48.5 Å². The predicted octanol–water partition coefficient (Wildman–Crippen LogP) is 4.71. The van der Waals surface area contributed by atoms with Gasteiger partial charge < -0.3 is 0 Å². The van der Waals surface area contributed by atoms with Crippen LogP contribution in [-0.2, 0) is 19.2 Å². The van der Waals surface area contributed by atoms with Gasteiger partial charge in [-0.1, -0.05) is 49.9 Å². The maximum absolute atomic E-state index is 12.9. The van der Waals surface area contributed by atoms with E-state index in [0.717, 1.165) is 62.5 Å². The molecule has 4 amide bonds. The zero-order chi connectivity index (χ0) is 23.4. The van der Waals surface area contributed by atoms with E-state index in [9.17, 15) is 19.2 Å². The van der Waals surface area contributed by atoms with E-state index in [-0.39, 0.29) is 47.3 Å². The molecule has 6 heteroatoms. The van der Waals surface area contributed by atoms with Crippen molar-refractivity contribution in [2.75, 3.05) is 9.80 Å². The number of fused-ring (bicyclic) bond motifs is 2. The molecule has 2 saturated carbocycles. The number of benzene rings is 2. The Hall–Kier alpha value is -3.28. The molecule has 2 aromatic carbocycles. The lowest BCUT2D eigenvalue weighted by atomic mass is 9.81. The summed E-state index contributed by atoms with van der Waals surface area (Å²) in [4.78, 5) is 54.2. The summed E-state index contributed by atoms with van der Waals surface area (Å²) in [5.74, 6) is -0.887. The first kappa shape index (κ1) is 21.3. The summed E-state index contributed by atoms with van der Waals surface area (Å²) in [6.07, 6.45) is 7.27. The highest BCUT2D eigenvalue weighted by Crippen LogP contribution is 2.42. The van der Waals surface area contributed by atoms with Crippen molar-refractivity contribution in [2.45, 2.75) is 51.4 Å². The van der Waals surface area contributed by atoms with Crippen molar-refractivity contribution in [3.8, 4) is 11.1 Å². The second-order valence-corrected chi connectivity index (χ2v) is 10.1. The first-order chi connectivity index (χ1) is 16.5. The number of imide groups is 2. The Balaban J connectivity index is 1.21. The molecule has 0 N–H and O–H groups in total. The van der Waals surface area contributed by atoms with Gasteiger partial charge in [0, 0.05) is 0 Å². The zero-order valence-electron chi connectivity index (χ0n) is 19.1. The van der Waals surface area contributed by atoms with Crippen molar-refractivity contribution in [3.05, 3.63) is 48.5 Å². The molecule has 2 saturated heterocycles. The van der Waals surface area contributed by atoms with Crippen molar-refractivity contribution in [1.29, 1.82) is 0 Å². The summed E-state index contributed by atoms with van der Waals surface area (Å²) in [5, 5.41) is 0. The van der Waals surface area contributed by atoms with Crippen LogP contribution in [0.1, 0.15) is 51.4 Å². The Bertz CT molecular complexity index is 1030. The van der Waals surface area contributed by atoms with Gasteiger partial charge in [0.2, 0.25) is 23.6 Å². The minimum absolute atomic E-state index is 0.0627. The topological polar surface area (TPSA) is 74.8 Å². The van der Waals surface area contributed by atoms with E-state index in [1.165, 1.54) is 9.80 Å². The van der Waals surface area contributed by atoms with Crippen molar-refractivity contribution in [1.82, 2.24) is 0 Å². The number of hydrogen-bond donors (Lipinski definition) is 0. The maximum Gasteiger partial charge on any atom is 0.237 e. The molecular formula is C28H28N2O4. The second kappa shape index (κ2) is 8.19. The molecule has 4 aliphatic rings. The monoisotopic (exact) mass is 456 g/mol. The standard InChI is InChI=1S/C28H28N2O4/c31-25-21-5-1-2-6-22(21)26(32)29(25)19-13-9-17(10-14-19)18-11-15-20(16-12-18)30-27(33)23-7-3-4-8-24(23)28(30)34/h9-16,21-24H,1-8H2/t21-,22-,23-,24+/m1/s1. The highest BCUT2D eigenvalue weighted by Gasteiger charge is 2.49. The number of anilines is 2. The molecule has 0 spiro atoms. The fourth-order valence-electron chi connectivity index (χ4n) is 6.44. The third-order valence-electron chi connectivity index (χ3n) is 8.27. The molecule has 2 aliphatic heterocycles. The lowest BCUT2D eigenvalue weighted by molar-refractivity contribution is -0.124. The number of carbonyl (C=O) groups excluding carboxylic acids is 4. The molecule has 2 aliphatic carbocycles. The van der Waals surface area contributed by atoms with Gasteiger partial charge in [0.25, 0.3) is 0 Å². The SMILES string of the molecule is O=C1[C@H]2CCCC[C@H]2C(=O)N1c1ccc(-c2ccc(N3C(=O)[C@@H]4CCCC[C@H]4C3=O)cc2)cc1. The van der Waals surface area contributed by atoms with Crippen LogP contribution in [0.4, 0.5) is 11.4 Å². The van der Waals surface area contributed by atoms with E-state index in [1.807, 2.05) is 48.5 Å².